The Balaban J connectivity index is 2.51. The lowest BCUT2D eigenvalue weighted by atomic mass is 10.1. The van der Waals surface area contributed by atoms with Crippen molar-refractivity contribution in [1.82, 2.24) is 4.31 Å². The molecule has 3 nitrogen and oxygen atoms in total. The summed E-state index contributed by atoms with van der Waals surface area (Å²) in [6.07, 6.45) is 1.57. The number of sulfonamides is 1. The monoisotopic (exact) mass is 261 g/mol. The summed E-state index contributed by atoms with van der Waals surface area (Å²) in [5.74, 6) is 0. The third-order valence-corrected chi connectivity index (χ3v) is 4.63. The van der Waals surface area contributed by atoms with Gasteiger partial charge in [-0.1, -0.05) is 36.4 Å². The molecular formula is C14H15NO2S. The fourth-order valence-corrected chi connectivity index (χ4v) is 2.97. The third kappa shape index (κ3) is 2.30. The Labute approximate surface area is 107 Å². The molecule has 4 heteroatoms. The number of rotatable bonds is 4. The van der Waals surface area contributed by atoms with Gasteiger partial charge in [-0.25, -0.2) is 8.42 Å². The van der Waals surface area contributed by atoms with Gasteiger partial charge >= 0.3 is 0 Å². The highest BCUT2D eigenvalue weighted by Crippen LogP contribution is 2.21. The van der Waals surface area contributed by atoms with Crippen LogP contribution >= 0.6 is 0 Å². The first-order chi connectivity index (χ1) is 8.55. The molecule has 0 aromatic heterocycles. The van der Waals surface area contributed by atoms with Gasteiger partial charge in [0.05, 0.1) is 4.90 Å². The highest BCUT2D eigenvalue weighted by molar-refractivity contribution is 7.89. The van der Waals surface area contributed by atoms with E-state index in [0.717, 1.165) is 10.8 Å². The zero-order valence-corrected chi connectivity index (χ0v) is 11.0. The van der Waals surface area contributed by atoms with E-state index < -0.39 is 10.0 Å². The molecule has 2 rings (SSSR count). The predicted octanol–water partition coefficient (Wildman–Crippen LogP) is 2.65. The minimum Gasteiger partial charge on any atom is -0.207 e. The van der Waals surface area contributed by atoms with Crippen LogP contribution in [0.15, 0.2) is 60.0 Å². The number of hydrogen-bond donors (Lipinski definition) is 0. The molecule has 0 atom stereocenters. The minimum atomic E-state index is -3.43. The van der Waals surface area contributed by atoms with Crippen molar-refractivity contribution in [1.29, 1.82) is 0 Å². The van der Waals surface area contributed by atoms with Gasteiger partial charge in [-0.05, 0) is 22.9 Å². The van der Waals surface area contributed by atoms with Gasteiger partial charge in [0.1, 0.15) is 0 Å². The van der Waals surface area contributed by atoms with Crippen LogP contribution in [0.1, 0.15) is 0 Å². The van der Waals surface area contributed by atoms with Gasteiger partial charge in [0.2, 0.25) is 10.0 Å². The zero-order valence-electron chi connectivity index (χ0n) is 10.2. The molecule has 0 spiro atoms. The smallest absolute Gasteiger partial charge is 0.207 e. The predicted molar refractivity (Wildman–Crippen MR) is 74.0 cm³/mol. The van der Waals surface area contributed by atoms with Crippen LogP contribution in [0, 0.1) is 0 Å². The van der Waals surface area contributed by atoms with Crippen molar-refractivity contribution in [2.24, 2.45) is 0 Å². The highest BCUT2D eigenvalue weighted by Gasteiger charge is 2.19. The molecule has 2 aromatic carbocycles. The second kappa shape index (κ2) is 4.92. The van der Waals surface area contributed by atoms with E-state index >= 15 is 0 Å². The summed E-state index contributed by atoms with van der Waals surface area (Å²) < 4.78 is 25.8. The standard InChI is InChI=1S/C14H15NO2S/c1-3-10-15(2)18(16,17)14-9-8-12-6-4-5-7-13(12)11-14/h3-9,11H,1,10H2,2H3. The second-order valence-electron chi connectivity index (χ2n) is 4.08. The van der Waals surface area contributed by atoms with Gasteiger partial charge in [-0.15, -0.1) is 6.58 Å². The first-order valence-corrected chi connectivity index (χ1v) is 7.06. The molecule has 0 aliphatic carbocycles. The van der Waals surface area contributed by atoms with Gasteiger partial charge in [-0.2, -0.15) is 4.31 Å². The maximum Gasteiger partial charge on any atom is 0.243 e. The van der Waals surface area contributed by atoms with Crippen molar-refractivity contribution >= 4 is 20.8 Å². The average molecular weight is 261 g/mol. The van der Waals surface area contributed by atoms with Crippen molar-refractivity contribution in [3.63, 3.8) is 0 Å². The first-order valence-electron chi connectivity index (χ1n) is 5.62. The molecule has 94 valence electrons. The molecule has 0 fully saturated rings. The SMILES string of the molecule is C=CCN(C)S(=O)(=O)c1ccc2ccccc2c1. The largest absolute Gasteiger partial charge is 0.243 e. The lowest BCUT2D eigenvalue weighted by molar-refractivity contribution is 0.499. The third-order valence-electron chi connectivity index (χ3n) is 2.82. The van der Waals surface area contributed by atoms with Crippen LogP contribution in [0.25, 0.3) is 10.8 Å². The van der Waals surface area contributed by atoms with Gasteiger partial charge < -0.3 is 0 Å². The Kier molecular flexibility index (Phi) is 3.50. The summed E-state index contributed by atoms with van der Waals surface area (Å²) in [6, 6.07) is 12.8. The maximum absolute atomic E-state index is 12.2. The van der Waals surface area contributed by atoms with E-state index in [9.17, 15) is 8.42 Å². The van der Waals surface area contributed by atoms with Gasteiger partial charge in [0.15, 0.2) is 0 Å². The van der Waals surface area contributed by atoms with E-state index in [0.29, 0.717) is 11.4 Å². The number of nitrogens with zero attached hydrogens (tertiary/aromatic N) is 1. The van der Waals surface area contributed by atoms with Crippen LogP contribution in [0.2, 0.25) is 0 Å². The fourth-order valence-electron chi connectivity index (χ4n) is 1.79. The molecule has 0 amide bonds. The fraction of sp³-hybridized carbons (Fsp3) is 0.143. The quantitative estimate of drug-likeness (QED) is 0.793. The molecule has 0 bridgehead atoms. The molecule has 0 N–H and O–H groups in total. The molecule has 0 saturated heterocycles. The van der Waals surface area contributed by atoms with E-state index in [1.54, 1.807) is 25.3 Å². The van der Waals surface area contributed by atoms with Crippen molar-refractivity contribution < 1.29 is 8.42 Å². The number of hydrogen-bond acceptors (Lipinski definition) is 2. The van der Waals surface area contributed by atoms with E-state index in [1.165, 1.54) is 4.31 Å². The second-order valence-corrected chi connectivity index (χ2v) is 6.13. The number of likely N-dealkylation sites (N-methyl/N-ethyl adjacent to an activating group) is 1. The number of benzene rings is 2. The van der Waals surface area contributed by atoms with Crippen LogP contribution in [0.5, 0.6) is 0 Å². The Morgan fingerprint density at radius 3 is 2.50 bits per heavy atom. The Morgan fingerprint density at radius 2 is 1.83 bits per heavy atom. The van der Waals surface area contributed by atoms with Crippen LogP contribution in [-0.4, -0.2) is 26.3 Å². The summed E-state index contributed by atoms with van der Waals surface area (Å²) >= 11 is 0. The van der Waals surface area contributed by atoms with Crippen LogP contribution in [0.4, 0.5) is 0 Å². The Hall–Kier alpha value is -1.65. The Morgan fingerprint density at radius 1 is 1.17 bits per heavy atom. The van der Waals surface area contributed by atoms with Gasteiger partial charge in [0.25, 0.3) is 0 Å². The summed E-state index contributed by atoms with van der Waals surface area (Å²) in [6.45, 7) is 3.85. The van der Waals surface area contributed by atoms with E-state index in [-0.39, 0.29) is 0 Å². The number of fused-ring (bicyclic) bond motifs is 1. The van der Waals surface area contributed by atoms with Gasteiger partial charge in [-0.3, -0.25) is 0 Å². The normalized spacial score (nSPS) is 11.9. The molecule has 18 heavy (non-hydrogen) atoms. The molecule has 0 heterocycles. The summed E-state index contributed by atoms with van der Waals surface area (Å²) in [5, 5.41) is 1.95. The lowest BCUT2D eigenvalue weighted by Crippen LogP contribution is -2.26. The van der Waals surface area contributed by atoms with Crippen molar-refractivity contribution in [2.45, 2.75) is 4.90 Å². The summed E-state index contributed by atoms with van der Waals surface area (Å²) in [7, 11) is -1.88. The lowest BCUT2D eigenvalue weighted by Gasteiger charge is -2.15. The van der Waals surface area contributed by atoms with Gasteiger partial charge in [0, 0.05) is 13.6 Å². The van der Waals surface area contributed by atoms with Crippen molar-refractivity contribution in [3.05, 3.63) is 55.1 Å². The molecule has 0 unspecified atom stereocenters. The summed E-state index contributed by atoms with van der Waals surface area (Å²) in [5.41, 5.74) is 0. The van der Waals surface area contributed by atoms with Crippen LogP contribution < -0.4 is 0 Å². The van der Waals surface area contributed by atoms with E-state index in [4.69, 9.17) is 0 Å². The van der Waals surface area contributed by atoms with Crippen LogP contribution in [-0.2, 0) is 10.0 Å². The molecule has 0 aliphatic rings. The topological polar surface area (TPSA) is 37.4 Å². The van der Waals surface area contributed by atoms with Crippen molar-refractivity contribution in [2.75, 3.05) is 13.6 Å². The van der Waals surface area contributed by atoms with Crippen molar-refractivity contribution in [3.8, 4) is 0 Å². The Bertz CT molecular complexity index is 677. The average Bonchev–Trinajstić information content (AvgIpc) is 2.38. The highest BCUT2D eigenvalue weighted by atomic mass is 32.2. The molecule has 0 radical (unpaired) electrons. The first kappa shape index (κ1) is 12.8. The van der Waals surface area contributed by atoms with E-state index in [2.05, 4.69) is 6.58 Å². The molecule has 2 aromatic rings. The molecular weight excluding hydrogens is 246 g/mol. The minimum absolute atomic E-state index is 0.301. The maximum atomic E-state index is 12.2. The van der Waals surface area contributed by atoms with E-state index in [1.807, 2.05) is 30.3 Å². The van der Waals surface area contributed by atoms with Crippen LogP contribution in [0.3, 0.4) is 0 Å². The molecule has 0 saturated carbocycles. The summed E-state index contributed by atoms with van der Waals surface area (Å²) in [4.78, 5) is 0.311. The molecule has 0 aliphatic heterocycles. The zero-order chi connectivity index (χ0) is 13.2.